The van der Waals surface area contributed by atoms with Crippen LogP contribution in [0.1, 0.15) is 46.8 Å². The second kappa shape index (κ2) is 8.47. The number of benzene rings is 1. The summed E-state index contributed by atoms with van der Waals surface area (Å²) in [7, 11) is 3.19. The van der Waals surface area contributed by atoms with Gasteiger partial charge in [-0.25, -0.2) is 0 Å². The number of primary amides is 1. The molecule has 8 N–H and O–H groups in total. The number of aliphatic hydroxyl groups is 3. The first-order chi connectivity index (χ1) is 16.4. The number of phenolic OH excluding ortho intramolecular Hbond substituents is 1. The minimum atomic E-state index is -2.64. The Morgan fingerprint density at radius 1 is 1.20 bits per heavy atom. The number of aromatic hydroxyl groups is 1. The number of nitrogens with zero attached hydrogens (tertiary/aromatic N) is 1. The maximum Gasteiger partial charge on any atom is 0.255 e. The van der Waals surface area contributed by atoms with E-state index in [1.165, 1.54) is 4.90 Å². The van der Waals surface area contributed by atoms with E-state index in [9.17, 15) is 34.8 Å². The molecule has 0 saturated carbocycles. The molecule has 1 aromatic rings. The summed E-state index contributed by atoms with van der Waals surface area (Å²) < 4.78 is 0. The molecule has 10 nitrogen and oxygen atoms in total. The average molecular weight is 486 g/mol. The Bertz CT molecular complexity index is 1220. The number of aryl methyl sites for hydroxylation is 1. The van der Waals surface area contributed by atoms with E-state index in [2.05, 4.69) is 0 Å². The van der Waals surface area contributed by atoms with Crippen LogP contribution in [0.15, 0.2) is 28.7 Å². The molecule has 0 aromatic heterocycles. The smallest absolute Gasteiger partial charge is 0.255 e. The van der Waals surface area contributed by atoms with Crippen LogP contribution in [-0.4, -0.2) is 68.5 Å². The molecule has 10 heteroatoms. The first-order valence-electron chi connectivity index (χ1n) is 11.6. The highest BCUT2D eigenvalue weighted by atomic mass is 16.3. The summed E-state index contributed by atoms with van der Waals surface area (Å²) in [6, 6.07) is 0.780. The van der Waals surface area contributed by atoms with Gasteiger partial charge in [0, 0.05) is 23.6 Å². The summed E-state index contributed by atoms with van der Waals surface area (Å²) >= 11 is 0. The second-order valence-electron chi connectivity index (χ2n) is 9.81. The molecular formula is C25H31N3O7. The number of likely N-dealkylation sites (N-methyl/N-ethyl adjacent to an activating group) is 1. The lowest BCUT2D eigenvalue weighted by molar-refractivity contribution is -0.148. The number of fused-ring (bicyclic) bond motifs is 3. The quantitative estimate of drug-likeness (QED) is 0.323. The van der Waals surface area contributed by atoms with Gasteiger partial charge in [0.25, 0.3) is 5.91 Å². The normalized spacial score (nSPS) is 28.2. The highest BCUT2D eigenvalue weighted by molar-refractivity contribution is 6.24. The van der Waals surface area contributed by atoms with E-state index in [0.29, 0.717) is 17.5 Å². The molecule has 0 radical (unpaired) electrons. The minimum Gasteiger partial charge on any atom is -0.510 e. The highest BCUT2D eigenvalue weighted by Gasteiger charge is 2.63. The molecule has 4 rings (SSSR count). The summed E-state index contributed by atoms with van der Waals surface area (Å²) in [5.74, 6) is -6.55. The largest absolute Gasteiger partial charge is 0.510 e. The van der Waals surface area contributed by atoms with Crippen LogP contribution in [0.4, 0.5) is 0 Å². The molecule has 35 heavy (non-hydrogen) atoms. The van der Waals surface area contributed by atoms with Crippen molar-refractivity contribution >= 4 is 17.5 Å². The Kier molecular flexibility index (Phi) is 6.03. The number of aliphatic hydroxyl groups excluding tert-OH is 2. The van der Waals surface area contributed by atoms with E-state index < -0.39 is 58.0 Å². The van der Waals surface area contributed by atoms with Crippen LogP contribution in [-0.2, 0) is 29.0 Å². The maximum atomic E-state index is 13.7. The van der Waals surface area contributed by atoms with Gasteiger partial charge in [-0.05, 0) is 50.4 Å². The van der Waals surface area contributed by atoms with Crippen molar-refractivity contribution in [2.75, 3.05) is 14.1 Å². The van der Waals surface area contributed by atoms with Gasteiger partial charge < -0.3 is 31.9 Å². The van der Waals surface area contributed by atoms with Gasteiger partial charge in [0.15, 0.2) is 11.4 Å². The predicted octanol–water partition coefficient (Wildman–Crippen LogP) is 0.532. The van der Waals surface area contributed by atoms with E-state index in [1.54, 1.807) is 20.2 Å². The molecule has 3 aliphatic rings. The first-order valence-corrected chi connectivity index (χ1v) is 11.6. The van der Waals surface area contributed by atoms with Crippen LogP contribution >= 0.6 is 0 Å². The Morgan fingerprint density at radius 3 is 2.40 bits per heavy atom. The number of nitrogens with two attached hydrogens (primary N) is 2. The van der Waals surface area contributed by atoms with Crippen LogP contribution in [0.5, 0.6) is 5.75 Å². The number of amides is 1. The molecule has 1 amide bonds. The number of allylic oxidation sites excluding steroid dienone is 1. The standard InChI is InChI=1S/C25H31N3O7/c1-4-5-10-6-12(9-26)19(29)16-13(10)7-11-8-14-18(28(2)3)21(31)17(24(27)34)23(33)25(14,35)22(32)15(11)20(16)30/h6,11,14,18,29,31-32,35H,4-5,7-9,26H2,1-3H3,(H2,27,34)/t11?,14-,18-,25-/m0/s1. The molecule has 0 bridgehead atoms. The molecule has 1 unspecified atom stereocenters. The molecule has 0 heterocycles. The fourth-order valence-electron chi connectivity index (χ4n) is 6.11. The molecule has 4 atom stereocenters. The molecular weight excluding hydrogens is 454 g/mol. The maximum absolute atomic E-state index is 13.7. The summed E-state index contributed by atoms with van der Waals surface area (Å²) in [5.41, 5.74) is 9.41. The number of rotatable bonds is 5. The van der Waals surface area contributed by atoms with Crippen LogP contribution in [0.25, 0.3) is 0 Å². The summed E-state index contributed by atoms with van der Waals surface area (Å²) in [6.07, 6.45) is 1.79. The van der Waals surface area contributed by atoms with Crippen molar-refractivity contribution in [3.05, 3.63) is 51.0 Å². The number of carbonyl (C=O) groups excluding carboxylic acids is 3. The summed E-state index contributed by atoms with van der Waals surface area (Å²) in [6.45, 7) is 1.99. The fraction of sp³-hybridized carbons (Fsp3) is 0.480. The van der Waals surface area contributed by atoms with Crippen molar-refractivity contribution < 1.29 is 34.8 Å². The minimum absolute atomic E-state index is 0.00137. The van der Waals surface area contributed by atoms with E-state index in [1.807, 2.05) is 6.92 Å². The molecule has 0 spiro atoms. The number of hydrogen-bond donors (Lipinski definition) is 6. The van der Waals surface area contributed by atoms with Crippen molar-refractivity contribution in [1.29, 1.82) is 0 Å². The molecule has 1 aromatic carbocycles. The van der Waals surface area contributed by atoms with Gasteiger partial charge in [0.1, 0.15) is 22.8 Å². The third-order valence-corrected chi connectivity index (χ3v) is 7.63. The summed E-state index contributed by atoms with van der Waals surface area (Å²) in [5, 5.41) is 44.6. The fourth-order valence-corrected chi connectivity index (χ4v) is 6.11. The third-order valence-electron chi connectivity index (χ3n) is 7.63. The van der Waals surface area contributed by atoms with Crippen LogP contribution in [0.2, 0.25) is 0 Å². The van der Waals surface area contributed by atoms with Gasteiger partial charge in [0.2, 0.25) is 5.78 Å². The first kappa shape index (κ1) is 24.9. The second-order valence-corrected chi connectivity index (χ2v) is 9.81. The SMILES string of the molecule is CCCc1cc(CN)c(O)c2c1CC1C[C@H]3[C@H](N(C)C)C(O)=C(C(N)=O)C(=O)[C@@]3(O)C(O)=C1C2=O. The van der Waals surface area contributed by atoms with Gasteiger partial charge in [-0.1, -0.05) is 19.4 Å². The zero-order chi connectivity index (χ0) is 26.0. The molecule has 0 saturated heterocycles. The van der Waals surface area contributed by atoms with Crippen LogP contribution in [0, 0.1) is 11.8 Å². The number of Topliss-reactive ketones (excluding diaryl/α,β-unsaturated/α-hetero) is 2. The molecule has 0 aliphatic heterocycles. The Labute approximate surface area is 202 Å². The number of ketones is 2. The molecule has 0 fully saturated rings. The van der Waals surface area contributed by atoms with Crippen molar-refractivity contribution in [1.82, 2.24) is 4.90 Å². The number of phenols is 1. The molecule has 188 valence electrons. The van der Waals surface area contributed by atoms with E-state index in [0.717, 1.165) is 12.0 Å². The molecule has 3 aliphatic carbocycles. The van der Waals surface area contributed by atoms with Gasteiger partial charge in [0.05, 0.1) is 11.6 Å². The van der Waals surface area contributed by atoms with Crippen molar-refractivity contribution in [3.63, 3.8) is 0 Å². The van der Waals surface area contributed by atoms with E-state index in [-0.39, 0.29) is 36.3 Å². The monoisotopic (exact) mass is 485 g/mol. The lowest BCUT2D eigenvalue weighted by atomic mass is 9.58. The Hall–Kier alpha value is -3.21. The predicted molar refractivity (Wildman–Crippen MR) is 126 cm³/mol. The number of hydrogen-bond acceptors (Lipinski definition) is 9. The van der Waals surface area contributed by atoms with Crippen LogP contribution < -0.4 is 11.5 Å². The zero-order valence-electron chi connectivity index (χ0n) is 20.0. The van der Waals surface area contributed by atoms with Gasteiger partial charge in [-0.2, -0.15) is 0 Å². The summed E-state index contributed by atoms with van der Waals surface area (Å²) in [4.78, 5) is 40.6. The zero-order valence-corrected chi connectivity index (χ0v) is 20.0. The van der Waals surface area contributed by atoms with Crippen molar-refractivity contribution in [2.45, 2.75) is 50.8 Å². The van der Waals surface area contributed by atoms with Crippen molar-refractivity contribution in [3.8, 4) is 5.75 Å². The lowest BCUT2D eigenvalue weighted by Gasteiger charge is -2.50. The van der Waals surface area contributed by atoms with E-state index >= 15 is 0 Å². The lowest BCUT2D eigenvalue weighted by Crippen LogP contribution is -2.63. The van der Waals surface area contributed by atoms with Gasteiger partial charge in [-0.3, -0.25) is 19.3 Å². The van der Waals surface area contributed by atoms with Crippen LogP contribution in [0.3, 0.4) is 0 Å². The van der Waals surface area contributed by atoms with Crippen molar-refractivity contribution in [2.24, 2.45) is 23.3 Å². The Balaban J connectivity index is 1.98. The highest BCUT2D eigenvalue weighted by Crippen LogP contribution is 2.52. The Morgan fingerprint density at radius 2 is 1.86 bits per heavy atom. The topological polar surface area (TPSA) is 187 Å². The van der Waals surface area contributed by atoms with Gasteiger partial charge in [-0.15, -0.1) is 0 Å². The van der Waals surface area contributed by atoms with Gasteiger partial charge >= 0.3 is 0 Å². The third kappa shape index (κ3) is 3.31. The average Bonchev–Trinajstić information content (AvgIpc) is 2.77. The number of carbonyl (C=O) groups is 3. The van der Waals surface area contributed by atoms with E-state index in [4.69, 9.17) is 11.5 Å².